The quantitative estimate of drug-likeness (QED) is 0.628. The Morgan fingerprint density at radius 2 is 2.11 bits per heavy atom. The molecule has 0 spiro atoms. The highest BCUT2D eigenvalue weighted by atomic mass is 79.9. The van der Waals surface area contributed by atoms with Gasteiger partial charge in [0.15, 0.2) is 0 Å². The number of carbonyl (C=O) groups is 1. The fraction of sp³-hybridized carbons (Fsp3) is 0.133. The maximum absolute atomic E-state index is 11.0. The van der Waals surface area contributed by atoms with E-state index in [4.69, 9.17) is 4.42 Å². The minimum Gasteiger partial charge on any atom is -0.466 e. The van der Waals surface area contributed by atoms with Crippen LogP contribution >= 0.6 is 15.9 Å². The zero-order valence-electron chi connectivity index (χ0n) is 10.6. The molecule has 0 saturated heterocycles. The van der Waals surface area contributed by atoms with E-state index in [0.29, 0.717) is 5.76 Å². The van der Waals surface area contributed by atoms with Crippen LogP contribution in [0.4, 0.5) is 0 Å². The van der Waals surface area contributed by atoms with Gasteiger partial charge in [0.25, 0.3) is 0 Å². The predicted octanol–water partition coefficient (Wildman–Crippen LogP) is 4.20. The van der Waals surface area contributed by atoms with Crippen molar-refractivity contribution in [1.82, 2.24) is 0 Å². The Bertz CT molecular complexity index is 626. The molecular formula is C15H13BrO3. The van der Waals surface area contributed by atoms with Crippen LogP contribution in [-0.2, 0) is 9.53 Å². The standard InChI is InChI=1S/C15H13BrO3/c1-10-9-11(16)3-6-13(10)14-7-4-12(19-14)5-8-15(17)18-2/h3-9H,1-2H3/b8-5+. The number of hydrogen-bond donors (Lipinski definition) is 0. The van der Waals surface area contributed by atoms with E-state index in [1.165, 1.54) is 13.2 Å². The van der Waals surface area contributed by atoms with Crippen molar-refractivity contribution in [1.29, 1.82) is 0 Å². The average molecular weight is 321 g/mol. The number of ether oxygens (including phenoxy) is 1. The molecule has 0 N–H and O–H groups in total. The van der Waals surface area contributed by atoms with Crippen LogP contribution in [0.1, 0.15) is 11.3 Å². The monoisotopic (exact) mass is 320 g/mol. The van der Waals surface area contributed by atoms with Crippen LogP contribution < -0.4 is 0 Å². The van der Waals surface area contributed by atoms with E-state index in [1.807, 2.05) is 37.3 Å². The van der Waals surface area contributed by atoms with Crippen molar-refractivity contribution in [3.8, 4) is 11.3 Å². The molecule has 2 aromatic rings. The van der Waals surface area contributed by atoms with E-state index < -0.39 is 5.97 Å². The molecule has 4 heteroatoms. The molecule has 0 unspecified atom stereocenters. The number of carbonyl (C=O) groups excluding carboxylic acids is 1. The number of rotatable bonds is 3. The van der Waals surface area contributed by atoms with Gasteiger partial charge in [0.05, 0.1) is 7.11 Å². The first-order valence-electron chi connectivity index (χ1n) is 5.72. The molecule has 0 bridgehead atoms. The van der Waals surface area contributed by atoms with Crippen molar-refractivity contribution >= 4 is 28.0 Å². The Labute approximate surface area is 120 Å². The molecule has 0 aliphatic carbocycles. The lowest BCUT2D eigenvalue weighted by Gasteiger charge is -2.02. The maximum atomic E-state index is 11.0. The van der Waals surface area contributed by atoms with Crippen molar-refractivity contribution in [3.63, 3.8) is 0 Å². The summed E-state index contributed by atoms with van der Waals surface area (Å²) < 4.78 is 11.2. The van der Waals surface area contributed by atoms with Gasteiger partial charge in [0.2, 0.25) is 0 Å². The maximum Gasteiger partial charge on any atom is 0.330 e. The van der Waals surface area contributed by atoms with Gasteiger partial charge in [0, 0.05) is 16.1 Å². The summed E-state index contributed by atoms with van der Waals surface area (Å²) in [5, 5.41) is 0. The Hall–Kier alpha value is -1.81. The number of furan rings is 1. The number of benzene rings is 1. The largest absolute Gasteiger partial charge is 0.466 e. The van der Waals surface area contributed by atoms with Gasteiger partial charge in [-0.25, -0.2) is 4.79 Å². The molecule has 98 valence electrons. The summed E-state index contributed by atoms with van der Waals surface area (Å²) in [5.41, 5.74) is 2.15. The van der Waals surface area contributed by atoms with E-state index in [0.717, 1.165) is 21.4 Å². The number of esters is 1. The first-order valence-corrected chi connectivity index (χ1v) is 6.52. The number of hydrogen-bond acceptors (Lipinski definition) is 3. The van der Waals surface area contributed by atoms with Gasteiger partial charge >= 0.3 is 5.97 Å². The number of methoxy groups -OCH3 is 1. The fourth-order valence-corrected chi connectivity index (χ4v) is 2.18. The summed E-state index contributed by atoms with van der Waals surface area (Å²) in [6, 6.07) is 9.69. The van der Waals surface area contributed by atoms with Crippen molar-refractivity contribution in [2.75, 3.05) is 7.11 Å². The van der Waals surface area contributed by atoms with Gasteiger partial charge in [-0.2, -0.15) is 0 Å². The van der Waals surface area contributed by atoms with Gasteiger partial charge in [-0.05, 0) is 48.9 Å². The molecule has 0 aliphatic heterocycles. The highest BCUT2D eigenvalue weighted by Crippen LogP contribution is 2.28. The summed E-state index contributed by atoms with van der Waals surface area (Å²) in [6.07, 6.45) is 2.92. The van der Waals surface area contributed by atoms with Gasteiger partial charge in [-0.3, -0.25) is 0 Å². The lowest BCUT2D eigenvalue weighted by molar-refractivity contribution is -0.134. The van der Waals surface area contributed by atoms with Gasteiger partial charge in [0.1, 0.15) is 11.5 Å². The molecule has 0 fully saturated rings. The van der Waals surface area contributed by atoms with Crippen molar-refractivity contribution in [3.05, 3.63) is 52.2 Å². The summed E-state index contributed by atoms with van der Waals surface area (Å²) >= 11 is 3.43. The zero-order chi connectivity index (χ0) is 13.8. The molecule has 0 atom stereocenters. The Morgan fingerprint density at radius 1 is 1.32 bits per heavy atom. The van der Waals surface area contributed by atoms with E-state index in [2.05, 4.69) is 20.7 Å². The summed E-state index contributed by atoms with van der Waals surface area (Å²) in [5.74, 6) is 0.981. The van der Waals surface area contributed by atoms with Crippen molar-refractivity contribution in [2.45, 2.75) is 6.92 Å². The first-order chi connectivity index (χ1) is 9.10. The van der Waals surface area contributed by atoms with Crippen LogP contribution in [0, 0.1) is 6.92 Å². The molecule has 1 heterocycles. The SMILES string of the molecule is COC(=O)/C=C/c1ccc(-c2ccc(Br)cc2C)o1. The second-order valence-electron chi connectivity index (χ2n) is 4.02. The average Bonchev–Trinajstić information content (AvgIpc) is 2.84. The summed E-state index contributed by atoms with van der Waals surface area (Å²) in [6.45, 7) is 2.02. The van der Waals surface area contributed by atoms with Gasteiger partial charge in [-0.1, -0.05) is 15.9 Å². The van der Waals surface area contributed by atoms with Crippen LogP contribution in [0.15, 0.2) is 45.3 Å². The van der Waals surface area contributed by atoms with E-state index >= 15 is 0 Å². The lowest BCUT2D eigenvalue weighted by Crippen LogP contribution is -1.92. The van der Waals surface area contributed by atoms with Crippen LogP contribution in [0.3, 0.4) is 0 Å². The minimum atomic E-state index is -0.405. The van der Waals surface area contributed by atoms with Crippen molar-refractivity contribution < 1.29 is 13.9 Å². The Balaban J connectivity index is 2.26. The molecule has 2 rings (SSSR count). The summed E-state index contributed by atoms with van der Waals surface area (Å²) in [7, 11) is 1.34. The van der Waals surface area contributed by atoms with Crippen molar-refractivity contribution in [2.24, 2.45) is 0 Å². The molecule has 19 heavy (non-hydrogen) atoms. The molecule has 0 amide bonds. The molecule has 3 nitrogen and oxygen atoms in total. The molecular weight excluding hydrogens is 308 g/mol. The normalized spacial score (nSPS) is 10.9. The van der Waals surface area contributed by atoms with E-state index in [9.17, 15) is 4.79 Å². The van der Waals surface area contributed by atoms with Crippen LogP contribution in [-0.4, -0.2) is 13.1 Å². The van der Waals surface area contributed by atoms with Crippen LogP contribution in [0.25, 0.3) is 17.4 Å². The molecule has 1 aromatic carbocycles. The lowest BCUT2D eigenvalue weighted by atomic mass is 10.1. The van der Waals surface area contributed by atoms with Gasteiger partial charge < -0.3 is 9.15 Å². The smallest absolute Gasteiger partial charge is 0.330 e. The highest BCUT2D eigenvalue weighted by Gasteiger charge is 2.06. The molecule has 0 radical (unpaired) electrons. The fourth-order valence-electron chi connectivity index (χ4n) is 1.71. The zero-order valence-corrected chi connectivity index (χ0v) is 12.2. The third-order valence-electron chi connectivity index (χ3n) is 2.67. The van der Waals surface area contributed by atoms with Crippen LogP contribution in [0.5, 0.6) is 0 Å². The third kappa shape index (κ3) is 3.35. The number of aryl methyl sites for hydroxylation is 1. The second-order valence-corrected chi connectivity index (χ2v) is 4.93. The molecule has 1 aromatic heterocycles. The first kappa shape index (κ1) is 13.6. The van der Waals surface area contributed by atoms with E-state index in [1.54, 1.807) is 6.08 Å². The second kappa shape index (κ2) is 5.89. The third-order valence-corrected chi connectivity index (χ3v) is 3.16. The Kier molecular flexibility index (Phi) is 4.22. The Morgan fingerprint density at radius 3 is 2.79 bits per heavy atom. The minimum absolute atomic E-state index is 0.405. The van der Waals surface area contributed by atoms with Crippen LogP contribution in [0.2, 0.25) is 0 Å². The molecule has 0 aliphatic rings. The summed E-state index contributed by atoms with van der Waals surface area (Å²) in [4.78, 5) is 11.0. The molecule has 0 saturated carbocycles. The number of halogens is 1. The predicted molar refractivity (Wildman–Crippen MR) is 77.6 cm³/mol. The van der Waals surface area contributed by atoms with Gasteiger partial charge in [-0.15, -0.1) is 0 Å². The van der Waals surface area contributed by atoms with E-state index in [-0.39, 0.29) is 0 Å². The topological polar surface area (TPSA) is 39.4 Å². The highest BCUT2D eigenvalue weighted by molar-refractivity contribution is 9.10.